The third-order valence-electron chi connectivity index (χ3n) is 3.80. The molecule has 2 rings (SSSR count). The highest BCUT2D eigenvalue weighted by Gasteiger charge is 2.28. The third kappa shape index (κ3) is 3.16. The van der Waals surface area contributed by atoms with Gasteiger partial charge in [-0.15, -0.1) is 0 Å². The van der Waals surface area contributed by atoms with E-state index in [0.717, 1.165) is 24.8 Å². The first kappa shape index (κ1) is 14.5. The molecule has 0 bridgehead atoms. The topological polar surface area (TPSA) is 57.6 Å². The first-order chi connectivity index (χ1) is 9.07. The van der Waals surface area contributed by atoms with Crippen LogP contribution in [0.4, 0.5) is 0 Å². The summed E-state index contributed by atoms with van der Waals surface area (Å²) in [6, 6.07) is 7.11. The fraction of sp³-hybridized carbons (Fsp3) is 0.571. The number of sulfonamides is 1. The summed E-state index contributed by atoms with van der Waals surface area (Å²) in [7, 11) is -3.37. The molecule has 0 atom stereocenters. The zero-order valence-corrected chi connectivity index (χ0v) is 12.1. The van der Waals surface area contributed by atoms with E-state index in [1.54, 1.807) is 12.1 Å². The van der Waals surface area contributed by atoms with Gasteiger partial charge < -0.3 is 5.11 Å². The Morgan fingerprint density at radius 2 is 1.79 bits per heavy atom. The maximum Gasteiger partial charge on any atom is 0.243 e. The van der Waals surface area contributed by atoms with Gasteiger partial charge in [0.1, 0.15) is 0 Å². The molecule has 0 radical (unpaired) electrons. The zero-order valence-electron chi connectivity index (χ0n) is 11.2. The molecule has 0 spiro atoms. The van der Waals surface area contributed by atoms with Crippen molar-refractivity contribution in [3.8, 4) is 0 Å². The van der Waals surface area contributed by atoms with E-state index in [2.05, 4.69) is 0 Å². The summed E-state index contributed by atoms with van der Waals surface area (Å²) >= 11 is 0. The lowest BCUT2D eigenvalue weighted by Gasteiger charge is -2.30. The Bertz CT molecular complexity index is 502. The van der Waals surface area contributed by atoms with Crippen LogP contribution in [0.1, 0.15) is 25.3 Å². The average Bonchev–Trinajstić information content (AvgIpc) is 2.47. The molecule has 0 aliphatic carbocycles. The van der Waals surface area contributed by atoms with Gasteiger partial charge in [-0.3, -0.25) is 0 Å². The lowest BCUT2D eigenvalue weighted by atomic mass is 10.00. The van der Waals surface area contributed by atoms with Gasteiger partial charge in [0.2, 0.25) is 10.0 Å². The van der Waals surface area contributed by atoms with Crippen LogP contribution < -0.4 is 0 Å². The number of rotatable bonds is 4. The second-order valence-corrected chi connectivity index (χ2v) is 6.97. The minimum atomic E-state index is -3.37. The number of aliphatic hydroxyl groups is 1. The molecule has 0 amide bonds. The van der Waals surface area contributed by atoms with Crippen LogP contribution in [0.15, 0.2) is 29.2 Å². The van der Waals surface area contributed by atoms with Crippen molar-refractivity contribution < 1.29 is 13.5 Å². The first-order valence-electron chi connectivity index (χ1n) is 6.78. The van der Waals surface area contributed by atoms with Crippen molar-refractivity contribution >= 4 is 10.0 Å². The first-order valence-corrected chi connectivity index (χ1v) is 8.22. The zero-order chi connectivity index (χ0) is 13.9. The van der Waals surface area contributed by atoms with Gasteiger partial charge in [-0.05, 0) is 42.9 Å². The van der Waals surface area contributed by atoms with Gasteiger partial charge in [-0.2, -0.15) is 4.31 Å². The average molecular weight is 283 g/mol. The van der Waals surface area contributed by atoms with Crippen LogP contribution in [-0.4, -0.2) is 37.5 Å². The molecular weight excluding hydrogens is 262 g/mol. The summed E-state index contributed by atoms with van der Waals surface area (Å²) < 4.78 is 26.4. The lowest BCUT2D eigenvalue weighted by Crippen LogP contribution is -2.39. The molecule has 19 heavy (non-hydrogen) atoms. The molecular formula is C14H21NO3S. The second kappa shape index (κ2) is 6.03. The van der Waals surface area contributed by atoms with Crippen molar-refractivity contribution in [1.82, 2.24) is 4.31 Å². The largest absolute Gasteiger partial charge is 0.396 e. The summed E-state index contributed by atoms with van der Waals surface area (Å²) in [6.07, 6.45) is 2.38. The van der Waals surface area contributed by atoms with Crippen LogP contribution in [0.3, 0.4) is 0 Å². The second-order valence-electron chi connectivity index (χ2n) is 5.03. The maximum absolute atomic E-state index is 12.4. The smallest absolute Gasteiger partial charge is 0.243 e. The van der Waals surface area contributed by atoms with Crippen molar-refractivity contribution in [3.63, 3.8) is 0 Å². The van der Waals surface area contributed by atoms with Gasteiger partial charge in [0.15, 0.2) is 0 Å². The number of hydrogen-bond acceptors (Lipinski definition) is 3. The molecule has 0 unspecified atom stereocenters. The number of hydrogen-bond donors (Lipinski definition) is 1. The predicted molar refractivity (Wildman–Crippen MR) is 74.4 cm³/mol. The summed E-state index contributed by atoms with van der Waals surface area (Å²) in [5.74, 6) is 0.244. The van der Waals surface area contributed by atoms with Crippen molar-refractivity contribution in [2.24, 2.45) is 5.92 Å². The minimum absolute atomic E-state index is 0.152. The third-order valence-corrected chi connectivity index (χ3v) is 5.71. The highest BCUT2D eigenvalue weighted by Crippen LogP contribution is 2.23. The Morgan fingerprint density at radius 1 is 1.21 bits per heavy atom. The van der Waals surface area contributed by atoms with Crippen molar-refractivity contribution in [3.05, 3.63) is 29.8 Å². The highest BCUT2D eigenvalue weighted by molar-refractivity contribution is 7.89. The Balaban J connectivity index is 2.13. The Kier molecular flexibility index (Phi) is 4.60. The molecule has 1 aliphatic rings. The van der Waals surface area contributed by atoms with E-state index in [1.807, 2.05) is 19.1 Å². The molecule has 5 heteroatoms. The standard InChI is InChI=1S/C14H21NO3S/c1-2-12-3-5-14(6-4-12)19(17,18)15-9-7-13(11-16)8-10-15/h3-6,13,16H,2,7-11H2,1H3. The Morgan fingerprint density at radius 3 is 2.26 bits per heavy atom. The predicted octanol–water partition coefficient (Wildman–Crippen LogP) is 1.64. The summed E-state index contributed by atoms with van der Waals surface area (Å²) in [5.41, 5.74) is 1.14. The molecule has 106 valence electrons. The van der Waals surface area contributed by atoms with Crippen LogP contribution in [0.2, 0.25) is 0 Å². The van der Waals surface area contributed by atoms with E-state index in [4.69, 9.17) is 5.11 Å². The maximum atomic E-state index is 12.4. The van der Waals surface area contributed by atoms with Gasteiger partial charge in [-0.25, -0.2) is 8.42 Å². The van der Waals surface area contributed by atoms with E-state index >= 15 is 0 Å². The quantitative estimate of drug-likeness (QED) is 0.914. The number of piperidine rings is 1. The molecule has 1 aromatic rings. The van der Waals surface area contributed by atoms with E-state index in [0.29, 0.717) is 18.0 Å². The van der Waals surface area contributed by atoms with Crippen LogP contribution in [0.5, 0.6) is 0 Å². The van der Waals surface area contributed by atoms with Crippen LogP contribution in [-0.2, 0) is 16.4 Å². The SMILES string of the molecule is CCc1ccc(S(=O)(=O)N2CCC(CO)CC2)cc1. The Labute approximate surface area is 115 Å². The molecule has 4 nitrogen and oxygen atoms in total. The summed E-state index contributed by atoms with van der Waals surface area (Å²) in [4.78, 5) is 0.368. The van der Waals surface area contributed by atoms with Gasteiger partial charge >= 0.3 is 0 Å². The molecule has 1 heterocycles. The van der Waals surface area contributed by atoms with Crippen LogP contribution in [0, 0.1) is 5.92 Å². The fourth-order valence-electron chi connectivity index (χ4n) is 2.38. The summed E-state index contributed by atoms with van der Waals surface area (Å²) in [6.45, 7) is 3.20. The van der Waals surface area contributed by atoms with Gasteiger partial charge in [0.05, 0.1) is 4.90 Å². The summed E-state index contributed by atoms with van der Waals surface area (Å²) in [5, 5.41) is 9.09. The van der Waals surface area contributed by atoms with E-state index in [1.165, 1.54) is 4.31 Å². The lowest BCUT2D eigenvalue weighted by molar-refractivity contribution is 0.170. The number of aliphatic hydroxyl groups excluding tert-OH is 1. The van der Waals surface area contributed by atoms with E-state index in [-0.39, 0.29) is 12.5 Å². The van der Waals surface area contributed by atoms with Crippen LogP contribution in [0.25, 0.3) is 0 Å². The van der Waals surface area contributed by atoms with Gasteiger partial charge in [0.25, 0.3) is 0 Å². The number of benzene rings is 1. The molecule has 1 saturated heterocycles. The van der Waals surface area contributed by atoms with Gasteiger partial charge in [-0.1, -0.05) is 19.1 Å². The van der Waals surface area contributed by atoms with Crippen molar-refractivity contribution in [2.45, 2.75) is 31.1 Å². The Hall–Kier alpha value is -0.910. The number of nitrogens with zero attached hydrogens (tertiary/aromatic N) is 1. The van der Waals surface area contributed by atoms with E-state index in [9.17, 15) is 8.42 Å². The molecule has 1 aliphatic heterocycles. The molecule has 0 saturated carbocycles. The van der Waals surface area contributed by atoms with Gasteiger partial charge in [0, 0.05) is 19.7 Å². The highest BCUT2D eigenvalue weighted by atomic mass is 32.2. The fourth-order valence-corrected chi connectivity index (χ4v) is 3.85. The molecule has 1 aromatic carbocycles. The molecule has 1 N–H and O–H groups in total. The van der Waals surface area contributed by atoms with Crippen LogP contribution >= 0.6 is 0 Å². The van der Waals surface area contributed by atoms with Crippen molar-refractivity contribution in [2.75, 3.05) is 19.7 Å². The number of aryl methyl sites for hydroxylation is 1. The monoisotopic (exact) mass is 283 g/mol. The van der Waals surface area contributed by atoms with Crippen molar-refractivity contribution in [1.29, 1.82) is 0 Å². The normalized spacial score (nSPS) is 18.6. The van der Waals surface area contributed by atoms with E-state index < -0.39 is 10.0 Å². The molecule has 1 fully saturated rings. The minimum Gasteiger partial charge on any atom is -0.396 e. The molecule has 0 aromatic heterocycles.